The second-order valence-electron chi connectivity index (χ2n) is 4.97. The van der Waals surface area contributed by atoms with Gasteiger partial charge in [0.15, 0.2) is 5.58 Å². The summed E-state index contributed by atoms with van der Waals surface area (Å²) in [6.45, 7) is 7.49. The number of fused-ring (bicyclic) bond motifs is 1. The predicted octanol–water partition coefficient (Wildman–Crippen LogP) is 2.41. The van der Waals surface area contributed by atoms with Gasteiger partial charge >= 0.3 is 0 Å². The molecule has 0 bridgehead atoms. The van der Waals surface area contributed by atoms with Crippen molar-refractivity contribution < 1.29 is 9.08 Å². The highest BCUT2D eigenvalue weighted by Crippen LogP contribution is 2.18. The Kier molecular flexibility index (Phi) is 3.41. The van der Waals surface area contributed by atoms with Crippen molar-refractivity contribution in [3.05, 3.63) is 23.7 Å². The Morgan fingerprint density at radius 2 is 2.17 bits per heavy atom. The standard InChI is InChI=1S/C12H15N3O2S/c1-8-10-5-9(13-7-11(10)17-15-8)6-14-18(16)12(2,3)4/h5-7H,1-4H3/b14-6+. The Morgan fingerprint density at radius 1 is 1.44 bits per heavy atom. The summed E-state index contributed by atoms with van der Waals surface area (Å²) in [6.07, 6.45) is 3.12. The van der Waals surface area contributed by atoms with Crippen LogP contribution in [0.1, 0.15) is 32.2 Å². The molecular weight excluding hydrogens is 250 g/mol. The summed E-state index contributed by atoms with van der Waals surface area (Å²) in [6, 6.07) is 1.82. The molecule has 2 heterocycles. The molecular formula is C12H15N3O2S. The number of aromatic nitrogens is 2. The van der Waals surface area contributed by atoms with Crippen molar-refractivity contribution in [2.45, 2.75) is 32.4 Å². The van der Waals surface area contributed by atoms with Crippen LogP contribution >= 0.6 is 0 Å². The van der Waals surface area contributed by atoms with Gasteiger partial charge in [0.1, 0.15) is 22.3 Å². The van der Waals surface area contributed by atoms with E-state index in [1.807, 2.05) is 33.8 Å². The second kappa shape index (κ2) is 4.70. The maximum Gasteiger partial charge on any atom is 0.185 e. The third kappa shape index (κ3) is 2.70. The molecule has 0 saturated carbocycles. The van der Waals surface area contributed by atoms with E-state index >= 15 is 0 Å². The van der Waals surface area contributed by atoms with Crippen molar-refractivity contribution in [3.8, 4) is 0 Å². The van der Waals surface area contributed by atoms with Gasteiger partial charge in [-0.1, -0.05) is 9.55 Å². The molecule has 0 aliphatic heterocycles. The fourth-order valence-corrected chi connectivity index (χ4v) is 1.83. The highest BCUT2D eigenvalue weighted by Gasteiger charge is 2.25. The van der Waals surface area contributed by atoms with Gasteiger partial charge in [-0.05, 0) is 33.8 Å². The first-order chi connectivity index (χ1) is 8.38. The lowest BCUT2D eigenvalue weighted by molar-refractivity contribution is 0.449. The molecule has 5 nitrogen and oxygen atoms in total. The molecule has 0 saturated heterocycles. The normalized spacial score (nSPS) is 14.5. The molecule has 2 rings (SSSR count). The summed E-state index contributed by atoms with van der Waals surface area (Å²) < 4.78 is 20.5. The predicted molar refractivity (Wildman–Crippen MR) is 72.0 cm³/mol. The van der Waals surface area contributed by atoms with Crippen LogP contribution in [0.4, 0.5) is 0 Å². The summed E-state index contributed by atoms with van der Waals surface area (Å²) >= 11 is -1.28. The van der Waals surface area contributed by atoms with Crippen LogP contribution in [0.15, 0.2) is 21.2 Å². The zero-order chi connectivity index (χ0) is 13.3. The van der Waals surface area contributed by atoms with Crippen LogP contribution in [0.25, 0.3) is 11.0 Å². The summed E-state index contributed by atoms with van der Waals surface area (Å²) in [5, 5.41) is 4.75. The van der Waals surface area contributed by atoms with E-state index in [0.29, 0.717) is 11.3 Å². The lowest BCUT2D eigenvalue weighted by Crippen LogP contribution is -2.25. The molecule has 0 spiro atoms. The molecule has 0 aliphatic rings. The van der Waals surface area contributed by atoms with Gasteiger partial charge in [-0.3, -0.25) is 4.98 Å². The number of hydrogen-bond donors (Lipinski definition) is 0. The zero-order valence-electron chi connectivity index (χ0n) is 10.8. The Morgan fingerprint density at radius 3 is 2.83 bits per heavy atom. The van der Waals surface area contributed by atoms with Crippen LogP contribution in [0, 0.1) is 6.92 Å². The SMILES string of the molecule is Cc1noc2cnc(/C=N/[S+]([O-])C(C)(C)C)cc12. The lowest BCUT2D eigenvalue weighted by Gasteiger charge is -2.17. The molecule has 1 atom stereocenters. The van der Waals surface area contributed by atoms with Crippen LogP contribution in [0.2, 0.25) is 0 Å². The average Bonchev–Trinajstić information content (AvgIpc) is 2.66. The monoisotopic (exact) mass is 265 g/mol. The van der Waals surface area contributed by atoms with Crippen molar-refractivity contribution in [3.63, 3.8) is 0 Å². The number of pyridine rings is 1. The van der Waals surface area contributed by atoms with Crippen LogP contribution in [0.5, 0.6) is 0 Å². The molecule has 18 heavy (non-hydrogen) atoms. The van der Waals surface area contributed by atoms with Crippen molar-refractivity contribution in [2.24, 2.45) is 4.40 Å². The molecule has 96 valence electrons. The highest BCUT2D eigenvalue weighted by atomic mass is 32.2. The van der Waals surface area contributed by atoms with Gasteiger partial charge in [0, 0.05) is 5.39 Å². The Bertz CT molecular complexity index is 587. The summed E-state index contributed by atoms with van der Waals surface area (Å²) in [4.78, 5) is 4.16. The van der Waals surface area contributed by atoms with Crippen LogP contribution < -0.4 is 0 Å². The molecule has 0 aliphatic carbocycles. The van der Waals surface area contributed by atoms with E-state index in [0.717, 1.165) is 11.1 Å². The van der Waals surface area contributed by atoms with Gasteiger partial charge in [0.2, 0.25) is 0 Å². The van der Waals surface area contributed by atoms with E-state index in [1.54, 1.807) is 6.20 Å². The summed E-state index contributed by atoms with van der Waals surface area (Å²) in [5.74, 6) is 0. The summed E-state index contributed by atoms with van der Waals surface area (Å²) in [5.41, 5.74) is 2.09. The lowest BCUT2D eigenvalue weighted by atomic mass is 10.2. The molecule has 0 aromatic carbocycles. The Labute approximate surface area is 109 Å². The first kappa shape index (κ1) is 13.0. The second-order valence-corrected chi connectivity index (χ2v) is 6.90. The van der Waals surface area contributed by atoms with Crippen LogP contribution in [-0.4, -0.2) is 25.7 Å². The fraction of sp³-hybridized carbons (Fsp3) is 0.417. The number of aryl methyl sites for hydroxylation is 1. The van der Waals surface area contributed by atoms with Crippen LogP contribution in [0.3, 0.4) is 0 Å². The Balaban J connectivity index is 2.27. The first-order valence-corrected chi connectivity index (χ1v) is 6.67. The highest BCUT2D eigenvalue weighted by molar-refractivity contribution is 7.91. The van der Waals surface area contributed by atoms with Gasteiger partial charge in [-0.25, -0.2) is 0 Å². The average molecular weight is 265 g/mol. The number of rotatable bonds is 2. The third-order valence-electron chi connectivity index (χ3n) is 2.36. The van der Waals surface area contributed by atoms with Gasteiger partial charge in [-0.15, -0.1) is 0 Å². The molecule has 0 N–H and O–H groups in total. The van der Waals surface area contributed by atoms with Crippen molar-refractivity contribution in [2.75, 3.05) is 0 Å². The number of hydrogen-bond acceptors (Lipinski definition) is 5. The van der Waals surface area contributed by atoms with E-state index < -0.39 is 11.4 Å². The minimum atomic E-state index is -1.28. The van der Waals surface area contributed by atoms with Crippen molar-refractivity contribution in [1.82, 2.24) is 10.1 Å². The first-order valence-electron chi connectivity index (χ1n) is 5.56. The molecule has 0 amide bonds. The maximum atomic E-state index is 11.8. The van der Waals surface area contributed by atoms with E-state index in [2.05, 4.69) is 14.5 Å². The van der Waals surface area contributed by atoms with E-state index in [1.165, 1.54) is 6.21 Å². The molecule has 2 aromatic heterocycles. The van der Waals surface area contributed by atoms with E-state index in [4.69, 9.17) is 4.52 Å². The fourth-order valence-electron chi connectivity index (χ4n) is 1.31. The topological polar surface area (TPSA) is 74.3 Å². The zero-order valence-corrected chi connectivity index (χ0v) is 11.6. The Hall–Kier alpha value is -1.40. The quantitative estimate of drug-likeness (QED) is 0.617. The molecule has 1 unspecified atom stereocenters. The largest absolute Gasteiger partial charge is 0.591 e. The van der Waals surface area contributed by atoms with Crippen molar-refractivity contribution in [1.29, 1.82) is 0 Å². The van der Waals surface area contributed by atoms with Crippen LogP contribution in [-0.2, 0) is 11.4 Å². The molecule has 2 aromatic rings. The minimum Gasteiger partial charge on any atom is -0.591 e. The molecule has 6 heteroatoms. The van der Waals surface area contributed by atoms with Crippen molar-refractivity contribution >= 4 is 28.5 Å². The number of nitrogens with zero attached hydrogens (tertiary/aromatic N) is 3. The van der Waals surface area contributed by atoms with E-state index in [-0.39, 0.29) is 4.75 Å². The van der Waals surface area contributed by atoms with Gasteiger partial charge in [-0.2, -0.15) is 0 Å². The molecule has 0 fully saturated rings. The van der Waals surface area contributed by atoms with Gasteiger partial charge in [0.05, 0.1) is 17.6 Å². The third-order valence-corrected chi connectivity index (χ3v) is 3.71. The maximum absolute atomic E-state index is 11.8. The summed E-state index contributed by atoms with van der Waals surface area (Å²) in [7, 11) is 0. The van der Waals surface area contributed by atoms with Gasteiger partial charge < -0.3 is 9.08 Å². The van der Waals surface area contributed by atoms with E-state index in [9.17, 15) is 4.55 Å². The smallest absolute Gasteiger partial charge is 0.185 e. The minimum absolute atomic E-state index is 0.367. The van der Waals surface area contributed by atoms with Gasteiger partial charge in [0.25, 0.3) is 0 Å². The molecule has 0 radical (unpaired) electrons.